The number of halogens is 1. The van der Waals surface area contributed by atoms with Crippen LogP contribution >= 0.6 is 15.9 Å². The van der Waals surface area contributed by atoms with E-state index >= 15 is 0 Å². The van der Waals surface area contributed by atoms with Crippen LogP contribution < -0.4 is 10.1 Å². The van der Waals surface area contributed by atoms with Gasteiger partial charge < -0.3 is 14.6 Å². The minimum atomic E-state index is -0.103. The van der Waals surface area contributed by atoms with Gasteiger partial charge in [-0.2, -0.15) is 0 Å². The second kappa shape index (κ2) is 7.44. The first-order chi connectivity index (χ1) is 13.5. The van der Waals surface area contributed by atoms with Crippen molar-refractivity contribution < 1.29 is 9.53 Å². The predicted octanol–water partition coefficient (Wildman–Crippen LogP) is 5.47. The summed E-state index contributed by atoms with van der Waals surface area (Å²) in [6.07, 6.45) is 1.56. The van der Waals surface area contributed by atoms with E-state index in [1.165, 1.54) is 6.92 Å². The molecule has 0 bridgehead atoms. The van der Waals surface area contributed by atoms with E-state index in [1.54, 1.807) is 18.3 Å². The van der Waals surface area contributed by atoms with Crippen molar-refractivity contribution in [1.29, 1.82) is 0 Å². The van der Waals surface area contributed by atoms with Gasteiger partial charge >= 0.3 is 0 Å². The second-order valence-corrected chi connectivity index (χ2v) is 7.23. The average Bonchev–Trinajstić information content (AvgIpc) is 2.99. The lowest BCUT2D eigenvalue weighted by Gasteiger charge is -2.07. The molecule has 0 aliphatic rings. The molecule has 0 saturated heterocycles. The molecule has 0 amide bonds. The lowest BCUT2D eigenvalue weighted by molar-refractivity contribution is 0.101. The highest BCUT2D eigenvalue weighted by molar-refractivity contribution is 9.10. The average molecular weight is 437 g/mol. The first-order valence-electron chi connectivity index (χ1n) is 8.63. The summed E-state index contributed by atoms with van der Waals surface area (Å²) < 4.78 is 8.90. The van der Waals surface area contributed by atoms with E-state index in [0.29, 0.717) is 17.2 Å². The topological polar surface area (TPSA) is 69.0 Å². The molecule has 0 aliphatic carbocycles. The van der Waals surface area contributed by atoms with Crippen LogP contribution in [-0.2, 0) is 7.05 Å². The van der Waals surface area contributed by atoms with Crippen molar-refractivity contribution in [2.24, 2.45) is 7.05 Å². The molecule has 140 valence electrons. The van der Waals surface area contributed by atoms with Gasteiger partial charge in [0.25, 0.3) is 0 Å². The maximum Gasteiger partial charge on any atom is 0.208 e. The van der Waals surface area contributed by atoms with Crippen molar-refractivity contribution in [2.75, 3.05) is 5.32 Å². The number of nitrogens with zero attached hydrogens (tertiary/aromatic N) is 3. The maximum atomic E-state index is 11.5. The fraction of sp³-hybridized carbons (Fsp3) is 0.0952. The van der Waals surface area contributed by atoms with Gasteiger partial charge in [-0.25, -0.2) is 4.98 Å². The summed E-state index contributed by atoms with van der Waals surface area (Å²) >= 11 is 3.44. The van der Waals surface area contributed by atoms with Crippen LogP contribution in [-0.4, -0.2) is 20.3 Å². The molecule has 0 radical (unpaired) electrons. The van der Waals surface area contributed by atoms with Gasteiger partial charge in [-0.1, -0.05) is 15.9 Å². The molecule has 7 heteroatoms. The van der Waals surface area contributed by atoms with Crippen LogP contribution in [0.5, 0.6) is 11.5 Å². The number of hydrogen-bond acceptors (Lipinski definition) is 5. The van der Waals surface area contributed by atoms with Crippen molar-refractivity contribution in [3.05, 3.63) is 71.0 Å². The van der Waals surface area contributed by atoms with E-state index in [0.717, 1.165) is 27.1 Å². The zero-order chi connectivity index (χ0) is 19.7. The molecular formula is C21H17BrN4O2. The Kier molecular flexibility index (Phi) is 4.83. The number of aromatic nitrogens is 3. The number of imidazole rings is 1. The first kappa shape index (κ1) is 18.2. The zero-order valence-electron chi connectivity index (χ0n) is 15.3. The number of fused-ring (bicyclic) bond motifs is 1. The molecule has 2 aromatic carbocycles. The van der Waals surface area contributed by atoms with E-state index in [-0.39, 0.29) is 5.78 Å². The number of pyridine rings is 1. The molecule has 2 aromatic heterocycles. The number of aryl methyl sites for hydroxylation is 1. The Morgan fingerprint density at radius 3 is 2.57 bits per heavy atom. The normalized spacial score (nSPS) is 10.8. The number of Topliss-reactive ketones (excluding diaryl/α,β-unsaturated/α-hetero) is 1. The zero-order valence-corrected chi connectivity index (χ0v) is 16.9. The molecule has 4 rings (SSSR count). The van der Waals surface area contributed by atoms with E-state index < -0.39 is 0 Å². The molecule has 1 N–H and O–H groups in total. The number of anilines is 2. The highest BCUT2D eigenvalue weighted by Gasteiger charge is 2.10. The van der Waals surface area contributed by atoms with Gasteiger partial charge in [0, 0.05) is 42.5 Å². The van der Waals surface area contributed by atoms with Crippen LogP contribution in [0.3, 0.4) is 0 Å². The summed E-state index contributed by atoms with van der Waals surface area (Å²) in [6.45, 7) is 1.48. The molecule has 2 heterocycles. The fourth-order valence-electron chi connectivity index (χ4n) is 2.82. The molecule has 0 fully saturated rings. The lowest BCUT2D eigenvalue weighted by Crippen LogP contribution is -1.98. The van der Waals surface area contributed by atoms with Gasteiger partial charge in [-0.15, -0.1) is 0 Å². The van der Waals surface area contributed by atoms with E-state index in [1.807, 2.05) is 54.1 Å². The van der Waals surface area contributed by atoms with Gasteiger partial charge in [0.2, 0.25) is 5.95 Å². The Morgan fingerprint density at radius 1 is 1.07 bits per heavy atom. The number of hydrogen-bond donors (Lipinski definition) is 1. The van der Waals surface area contributed by atoms with Crippen LogP contribution in [0.4, 0.5) is 11.6 Å². The molecule has 28 heavy (non-hydrogen) atoms. The summed E-state index contributed by atoms with van der Waals surface area (Å²) in [5.41, 5.74) is 3.11. The van der Waals surface area contributed by atoms with Gasteiger partial charge in [-0.3, -0.25) is 9.78 Å². The monoisotopic (exact) mass is 436 g/mol. The minimum Gasteiger partial charge on any atom is -0.457 e. The van der Waals surface area contributed by atoms with Gasteiger partial charge in [0.05, 0.1) is 11.0 Å². The third kappa shape index (κ3) is 3.75. The van der Waals surface area contributed by atoms with Gasteiger partial charge in [0.1, 0.15) is 17.2 Å². The number of carbonyl (C=O) groups is 1. The predicted molar refractivity (Wildman–Crippen MR) is 112 cm³/mol. The Labute approximate surface area is 170 Å². The standard InChI is InChI=1S/C21H17BrN4O2/c1-13(27)18-11-17(9-10-23-18)28-16-7-8-20-19(12-16)25-21(26(20)2)24-15-5-3-14(22)4-6-15/h3-12H,1-2H3,(H,24,25). The Bertz CT molecular complexity index is 1170. The number of nitrogens with one attached hydrogen (secondary N) is 1. The fourth-order valence-corrected chi connectivity index (χ4v) is 3.08. The maximum absolute atomic E-state index is 11.5. The lowest BCUT2D eigenvalue weighted by atomic mass is 10.2. The smallest absolute Gasteiger partial charge is 0.208 e. The van der Waals surface area contributed by atoms with Crippen LogP contribution in [0.2, 0.25) is 0 Å². The van der Waals surface area contributed by atoms with E-state index in [9.17, 15) is 4.79 Å². The summed E-state index contributed by atoms with van der Waals surface area (Å²) in [7, 11) is 1.96. The largest absolute Gasteiger partial charge is 0.457 e. The van der Waals surface area contributed by atoms with E-state index in [2.05, 4.69) is 31.2 Å². The molecular weight excluding hydrogens is 420 g/mol. The highest BCUT2D eigenvalue weighted by Crippen LogP contribution is 2.28. The van der Waals surface area contributed by atoms with Gasteiger partial charge in [-0.05, 0) is 42.5 Å². The molecule has 6 nitrogen and oxygen atoms in total. The van der Waals surface area contributed by atoms with Crippen LogP contribution in [0.15, 0.2) is 65.3 Å². The van der Waals surface area contributed by atoms with Crippen LogP contribution in [0.1, 0.15) is 17.4 Å². The van der Waals surface area contributed by atoms with Crippen molar-refractivity contribution >= 4 is 44.4 Å². The second-order valence-electron chi connectivity index (χ2n) is 6.31. The molecule has 0 unspecified atom stereocenters. The third-order valence-electron chi connectivity index (χ3n) is 4.28. The third-order valence-corrected chi connectivity index (χ3v) is 4.81. The summed E-state index contributed by atoms with van der Waals surface area (Å²) in [4.78, 5) is 20.2. The number of ketones is 1. The van der Waals surface area contributed by atoms with Crippen molar-refractivity contribution in [3.63, 3.8) is 0 Å². The van der Waals surface area contributed by atoms with Crippen LogP contribution in [0, 0.1) is 0 Å². The number of ether oxygens (including phenoxy) is 1. The summed E-state index contributed by atoms with van der Waals surface area (Å²) in [5, 5.41) is 3.32. The highest BCUT2D eigenvalue weighted by atomic mass is 79.9. The first-order valence-corrected chi connectivity index (χ1v) is 9.43. The Hall–Kier alpha value is -3.19. The molecule has 0 saturated carbocycles. The number of carbonyl (C=O) groups excluding carboxylic acids is 1. The molecule has 0 spiro atoms. The molecule has 4 aromatic rings. The van der Waals surface area contributed by atoms with Crippen molar-refractivity contribution in [1.82, 2.24) is 14.5 Å². The Balaban J connectivity index is 1.61. The van der Waals surface area contributed by atoms with Crippen molar-refractivity contribution in [2.45, 2.75) is 6.92 Å². The van der Waals surface area contributed by atoms with Crippen molar-refractivity contribution in [3.8, 4) is 11.5 Å². The summed E-state index contributed by atoms with van der Waals surface area (Å²) in [6, 6.07) is 17.0. The van der Waals surface area contributed by atoms with Gasteiger partial charge in [0.15, 0.2) is 5.78 Å². The molecule has 0 atom stereocenters. The minimum absolute atomic E-state index is 0.103. The number of rotatable bonds is 5. The summed E-state index contributed by atoms with van der Waals surface area (Å²) in [5.74, 6) is 1.83. The van der Waals surface area contributed by atoms with Crippen LogP contribution in [0.25, 0.3) is 11.0 Å². The Morgan fingerprint density at radius 2 is 1.82 bits per heavy atom. The molecule has 0 aliphatic heterocycles. The SMILES string of the molecule is CC(=O)c1cc(Oc2ccc3c(c2)nc(Nc2ccc(Br)cc2)n3C)ccn1. The quantitative estimate of drug-likeness (QED) is 0.420. The number of benzene rings is 2. The van der Waals surface area contributed by atoms with E-state index in [4.69, 9.17) is 4.74 Å².